The lowest BCUT2D eigenvalue weighted by Gasteiger charge is -2.29. The quantitative estimate of drug-likeness (QED) is 0.641. The van der Waals surface area contributed by atoms with Gasteiger partial charge in [0.15, 0.2) is 5.82 Å². The zero-order chi connectivity index (χ0) is 20.2. The van der Waals surface area contributed by atoms with Crippen molar-refractivity contribution in [2.45, 2.75) is 24.9 Å². The zero-order valence-corrected chi connectivity index (χ0v) is 16.9. The summed E-state index contributed by atoms with van der Waals surface area (Å²) in [7, 11) is 0. The van der Waals surface area contributed by atoms with Crippen LogP contribution in [0.4, 0.5) is 15.9 Å². The molecule has 0 fully saturated rings. The molecule has 1 aromatic heterocycles. The van der Waals surface area contributed by atoms with Gasteiger partial charge in [-0.3, -0.25) is 4.79 Å². The first-order valence-electron chi connectivity index (χ1n) is 9.43. The second kappa shape index (κ2) is 8.61. The van der Waals surface area contributed by atoms with E-state index < -0.39 is 0 Å². The van der Waals surface area contributed by atoms with Crippen LogP contribution in [0.3, 0.4) is 0 Å². The van der Waals surface area contributed by atoms with Crippen molar-refractivity contribution in [2.24, 2.45) is 0 Å². The number of nitrogens with zero attached hydrogens (tertiary/aromatic N) is 3. The van der Waals surface area contributed by atoms with E-state index in [0.717, 1.165) is 30.9 Å². The van der Waals surface area contributed by atoms with Crippen LogP contribution in [0.25, 0.3) is 0 Å². The van der Waals surface area contributed by atoms with Crippen molar-refractivity contribution in [3.8, 4) is 0 Å². The minimum Gasteiger partial charge on any atom is -0.350 e. The Hall–Kier alpha value is -2.93. The number of nitrogens with one attached hydrogen (secondary N) is 1. The number of hydrogen-bond donors (Lipinski definition) is 1. The third-order valence-corrected chi connectivity index (χ3v) is 5.83. The van der Waals surface area contributed by atoms with E-state index in [-0.39, 0.29) is 17.5 Å². The number of rotatable bonds is 5. The molecule has 0 saturated carbocycles. The molecule has 1 aliphatic rings. The minimum atomic E-state index is -0.375. The number of carbonyl (C=O) groups is 1. The standard InChI is InChI=1S/C22H21FN4OS/c1-15-6-7-18(23)12-19(15)24-21(28)14-29-22-9-8-20(25-26-22)27-11-10-16-4-2-3-5-17(16)13-27/h2-9,12H,10-11,13-14H2,1H3,(H,24,28). The second-order valence-electron chi connectivity index (χ2n) is 6.97. The van der Waals surface area contributed by atoms with Crippen LogP contribution >= 0.6 is 11.8 Å². The number of carbonyl (C=O) groups excluding carboxylic acids is 1. The third-order valence-electron chi connectivity index (χ3n) is 4.91. The largest absolute Gasteiger partial charge is 0.350 e. The molecule has 1 N–H and O–H groups in total. The van der Waals surface area contributed by atoms with Crippen LogP contribution in [0.5, 0.6) is 0 Å². The Morgan fingerprint density at radius 3 is 2.76 bits per heavy atom. The van der Waals surface area contributed by atoms with Crippen molar-refractivity contribution >= 4 is 29.2 Å². The van der Waals surface area contributed by atoms with Crippen LogP contribution in [0, 0.1) is 12.7 Å². The van der Waals surface area contributed by atoms with E-state index in [0.29, 0.717) is 10.7 Å². The topological polar surface area (TPSA) is 58.1 Å². The number of benzene rings is 2. The van der Waals surface area contributed by atoms with E-state index in [2.05, 4.69) is 44.7 Å². The lowest BCUT2D eigenvalue weighted by molar-refractivity contribution is -0.113. The maximum atomic E-state index is 13.3. The first-order valence-corrected chi connectivity index (χ1v) is 10.4. The number of amides is 1. The molecule has 7 heteroatoms. The third kappa shape index (κ3) is 4.74. The number of fused-ring (bicyclic) bond motifs is 1. The maximum absolute atomic E-state index is 13.3. The molecule has 5 nitrogen and oxygen atoms in total. The molecule has 0 bridgehead atoms. The highest BCUT2D eigenvalue weighted by molar-refractivity contribution is 7.99. The molecule has 4 rings (SSSR count). The van der Waals surface area contributed by atoms with Gasteiger partial charge in [0.05, 0.1) is 5.75 Å². The molecular weight excluding hydrogens is 387 g/mol. The van der Waals surface area contributed by atoms with E-state index in [4.69, 9.17) is 0 Å². The zero-order valence-electron chi connectivity index (χ0n) is 16.1. The Morgan fingerprint density at radius 1 is 1.14 bits per heavy atom. The van der Waals surface area contributed by atoms with Gasteiger partial charge in [0.25, 0.3) is 0 Å². The molecule has 148 valence electrons. The van der Waals surface area contributed by atoms with Crippen LogP contribution in [0.1, 0.15) is 16.7 Å². The molecule has 0 spiro atoms. The number of anilines is 2. The second-order valence-corrected chi connectivity index (χ2v) is 7.96. The van der Waals surface area contributed by atoms with Crippen molar-refractivity contribution in [1.82, 2.24) is 10.2 Å². The van der Waals surface area contributed by atoms with Gasteiger partial charge in [-0.1, -0.05) is 42.1 Å². The number of halogens is 1. The summed E-state index contributed by atoms with van der Waals surface area (Å²) in [5.74, 6) is 0.437. The molecule has 1 aliphatic heterocycles. The molecule has 0 unspecified atom stereocenters. The summed E-state index contributed by atoms with van der Waals surface area (Å²) in [4.78, 5) is 14.4. The molecule has 0 atom stereocenters. The Morgan fingerprint density at radius 2 is 1.97 bits per heavy atom. The summed E-state index contributed by atoms with van der Waals surface area (Å²) in [5.41, 5.74) is 4.02. The van der Waals surface area contributed by atoms with Crippen molar-refractivity contribution in [1.29, 1.82) is 0 Å². The first-order chi connectivity index (χ1) is 14.1. The summed E-state index contributed by atoms with van der Waals surface area (Å²) < 4.78 is 13.3. The van der Waals surface area contributed by atoms with Crippen molar-refractivity contribution in [3.63, 3.8) is 0 Å². The van der Waals surface area contributed by atoms with Gasteiger partial charge in [-0.05, 0) is 54.3 Å². The Labute approximate surface area is 173 Å². The fourth-order valence-electron chi connectivity index (χ4n) is 3.30. The van der Waals surface area contributed by atoms with Gasteiger partial charge in [0.2, 0.25) is 5.91 Å². The normalized spacial score (nSPS) is 13.1. The van der Waals surface area contributed by atoms with E-state index >= 15 is 0 Å². The molecule has 0 radical (unpaired) electrons. The molecule has 2 aromatic carbocycles. The number of thioether (sulfide) groups is 1. The molecular formula is C22H21FN4OS. The Balaban J connectivity index is 1.33. The van der Waals surface area contributed by atoms with Crippen LogP contribution in [0.15, 0.2) is 59.6 Å². The molecule has 29 heavy (non-hydrogen) atoms. The first kappa shape index (κ1) is 19.4. The predicted octanol–water partition coefficient (Wildman–Crippen LogP) is 4.22. The van der Waals surface area contributed by atoms with Crippen LogP contribution < -0.4 is 10.2 Å². The summed E-state index contributed by atoms with van der Waals surface area (Å²) in [6.45, 7) is 3.56. The van der Waals surface area contributed by atoms with Crippen LogP contribution in [-0.4, -0.2) is 28.4 Å². The fourth-order valence-corrected chi connectivity index (χ4v) is 3.92. The number of hydrogen-bond acceptors (Lipinski definition) is 5. The number of aromatic nitrogens is 2. The molecule has 2 heterocycles. The predicted molar refractivity (Wildman–Crippen MR) is 114 cm³/mol. The summed E-state index contributed by atoms with van der Waals surface area (Å²) in [5, 5.41) is 12.0. The van der Waals surface area contributed by atoms with E-state index in [1.807, 2.05) is 19.1 Å². The van der Waals surface area contributed by atoms with Gasteiger partial charge in [0, 0.05) is 18.8 Å². The lowest BCUT2D eigenvalue weighted by Crippen LogP contribution is -2.31. The van der Waals surface area contributed by atoms with Gasteiger partial charge in [0.1, 0.15) is 10.8 Å². The molecule has 3 aromatic rings. The van der Waals surface area contributed by atoms with Gasteiger partial charge in [-0.2, -0.15) is 0 Å². The number of aryl methyl sites for hydroxylation is 1. The highest BCUT2D eigenvalue weighted by Crippen LogP contribution is 2.24. The van der Waals surface area contributed by atoms with Crippen molar-refractivity contribution in [2.75, 3.05) is 22.5 Å². The highest BCUT2D eigenvalue weighted by atomic mass is 32.2. The Bertz CT molecular complexity index is 1030. The van der Waals surface area contributed by atoms with Gasteiger partial charge < -0.3 is 10.2 Å². The van der Waals surface area contributed by atoms with E-state index in [9.17, 15) is 9.18 Å². The highest BCUT2D eigenvalue weighted by Gasteiger charge is 2.17. The van der Waals surface area contributed by atoms with Gasteiger partial charge >= 0.3 is 0 Å². The van der Waals surface area contributed by atoms with E-state index in [1.54, 1.807) is 6.07 Å². The molecule has 0 saturated heterocycles. The smallest absolute Gasteiger partial charge is 0.234 e. The van der Waals surface area contributed by atoms with Crippen molar-refractivity contribution < 1.29 is 9.18 Å². The van der Waals surface area contributed by atoms with Crippen LogP contribution in [0.2, 0.25) is 0 Å². The van der Waals surface area contributed by atoms with Crippen LogP contribution in [-0.2, 0) is 17.8 Å². The average molecular weight is 409 g/mol. The van der Waals surface area contributed by atoms with Gasteiger partial charge in [-0.25, -0.2) is 4.39 Å². The van der Waals surface area contributed by atoms with E-state index in [1.165, 1.54) is 35.0 Å². The molecule has 1 amide bonds. The van der Waals surface area contributed by atoms with Crippen molar-refractivity contribution in [3.05, 3.63) is 77.1 Å². The van der Waals surface area contributed by atoms with Gasteiger partial charge in [-0.15, -0.1) is 10.2 Å². The minimum absolute atomic E-state index is 0.182. The SMILES string of the molecule is Cc1ccc(F)cc1NC(=O)CSc1ccc(N2CCc3ccccc3C2)nn1. The average Bonchev–Trinajstić information content (AvgIpc) is 2.75. The summed E-state index contributed by atoms with van der Waals surface area (Å²) in [6.07, 6.45) is 0.994. The monoisotopic (exact) mass is 408 g/mol. The fraction of sp³-hybridized carbons (Fsp3) is 0.227. The summed E-state index contributed by atoms with van der Waals surface area (Å²) >= 11 is 1.30. The molecule has 0 aliphatic carbocycles. The maximum Gasteiger partial charge on any atom is 0.234 e. The lowest BCUT2D eigenvalue weighted by atomic mass is 10.00. The summed E-state index contributed by atoms with van der Waals surface area (Å²) in [6, 6.07) is 16.6. The Kier molecular flexibility index (Phi) is 5.76.